The van der Waals surface area contributed by atoms with Crippen molar-refractivity contribution in [1.82, 2.24) is 0 Å². The van der Waals surface area contributed by atoms with Gasteiger partial charge >= 0.3 is 0 Å². The Hall–Kier alpha value is 0.113. The van der Waals surface area contributed by atoms with Crippen LogP contribution in [0, 0.1) is 6.26 Å². The molecule has 0 spiro atoms. The smallest absolute Gasteiger partial charge is 0.217 e. The Labute approximate surface area is 89.6 Å². The normalized spacial score (nSPS) is 16.7. The summed E-state index contributed by atoms with van der Waals surface area (Å²) in [7, 11) is 0. The topological polar surface area (TPSA) is 31.6 Å². The molecule has 0 unspecified atom stereocenters. The van der Waals surface area contributed by atoms with E-state index in [1.807, 2.05) is 0 Å². The maximum absolute atomic E-state index is 5.16. The van der Waals surface area contributed by atoms with Crippen molar-refractivity contribution < 1.29 is 45.8 Å². The molecule has 0 aliphatic carbocycles. The molecule has 1 aromatic heterocycles. The number of rotatable bonds is 1. The van der Waals surface area contributed by atoms with Crippen molar-refractivity contribution in [3.63, 3.8) is 0 Å². The number of halogens is 1. The van der Waals surface area contributed by atoms with E-state index in [-0.39, 0.29) is 38.2 Å². The fourth-order valence-electron chi connectivity index (χ4n) is 0.902. The van der Waals surface area contributed by atoms with Gasteiger partial charge in [0, 0.05) is 19.5 Å². The second-order valence-corrected chi connectivity index (χ2v) is 2.03. The molecule has 1 saturated heterocycles. The van der Waals surface area contributed by atoms with Crippen LogP contribution in [-0.2, 0) is 29.0 Å². The molecule has 63 valence electrons. The minimum Gasteiger partial charge on any atom is -1.00 e. The van der Waals surface area contributed by atoms with Crippen molar-refractivity contribution >= 4 is 0 Å². The van der Waals surface area contributed by atoms with Crippen LogP contribution < -0.4 is 12.4 Å². The molecular weight excluding hydrogens is 233 g/mol. The Bertz CT molecular complexity index is 196. The van der Waals surface area contributed by atoms with Crippen molar-refractivity contribution in [2.45, 2.75) is 6.29 Å². The molecule has 0 aromatic carbocycles. The van der Waals surface area contributed by atoms with Gasteiger partial charge in [-0.25, -0.2) is 0 Å². The predicted octanol–water partition coefficient (Wildman–Crippen LogP) is -1.87. The number of ether oxygens (including phenoxy) is 2. The van der Waals surface area contributed by atoms with Gasteiger partial charge in [-0.1, -0.05) is 0 Å². The molecule has 3 nitrogen and oxygen atoms in total. The van der Waals surface area contributed by atoms with Gasteiger partial charge in [0.05, 0.1) is 13.2 Å². The first kappa shape index (κ1) is 12.1. The SMILES string of the molecule is [Cl-].[Zn].[c]1ccc(C2OCCO2)o1. The molecule has 5 heteroatoms. The molecule has 12 heavy (non-hydrogen) atoms. The molecular formula is C7H7ClO3Zn-. The van der Waals surface area contributed by atoms with E-state index in [2.05, 4.69) is 6.26 Å². The zero-order chi connectivity index (χ0) is 6.81. The summed E-state index contributed by atoms with van der Waals surface area (Å²) < 4.78 is 15.3. The monoisotopic (exact) mass is 238 g/mol. The first-order valence-electron chi connectivity index (χ1n) is 3.16. The Morgan fingerprint density at radius 2 is 2.00 bits per heavy atom. The summed E-state index contributed by atoms with van der Waals surface area (Å²) in [6.45, 7) is 1.29. The Kier molecular flexibility index (Phi) is 5.76. The van der Waals surface area contributed by atoms with Gasteiger partial charge in [0.15, 0.2) is 12.0 Å². The van der Waals surface area contributed by atoms with Gasteiger partial charge < -0.3 is 26.3 Å². The van der Waals surface area contributed by atoms with Crippen LogP contribution in [0.3, 0.4) is 0 Å². The second kappa shape index (κ2) is 5.71. The maximum atomic E-state index is 5.16. The third kappa shape index (κ3) is 2.56. The second-order valence-electron chi connectivity index (χ2n) is 2.03. The van der Waals surface area contributed by atoms with E-state index in [1.165, 1.54) is 0 Å². The Balaban J connectivity index is 0.000000605. The number of hydrogen-bond acceptors (Lipinski definition) is 3. The minimum absolute atomic E-state index is 0. The van der Waals surface area contributed by atoms with Gasteiger partial charge in [0.2, 0.25) is 6.29 Å². The van der Waals surface area contributed by atoms with Gasteiger partial charge in [-0.15, -0.1) is 0 Å². The van der Waals surface area contributed by atoms with E-state index >= 15 is 0 Å². The van der Waals surface area contributed by atoms with Crippen LogP contribution in [-0.4, -0.2) is 13.2 Å². The van der Waals surface area contributed by atoms with Crippen molar-refractivity contribution in [3.8, 4) is 0 Å². The summed E-state index contributed by atoms with van der Waals surface area (Å²) in [5.74, 6) is 0.692. The third-order valence-corrected chi connectivity index (χ3v) is 1.35. The predicted molar refractivity (Wildman–Crippen MR) is 32.2 cm³/mol. The number of hydrogen-bond donors (Lipinski definition) is 0. The standard InChI is InChI=1S/C7H7O3.ClH.Zn/c1-2-6(8-3-1)7-9-4-5-10-7;;/h1-2,7H,4-5H2;1H;/p-1. The van der Waals surface area contributed by atoms with Crippen LogP contribution in [0.15, 0.2) is 16.5 Å². The third-order valence-electron chi connectivity index (χ3n) is 1.35. The summed E-state index contributed by atoms with van der Waals surface area (Å²) in [6.07, 6.45) is 2.27. The van der Waals surface area contributed by atoms with Crippen LogP contribution >= 0.6 is 0 Å². The molecule has 0 N–H and O–H groups in total. The maximum Gasteiger partial charge on any atom is 0.217 e. The van der Waals surface area contributed by atoms with Gasteiger partial charge in [-0.3, -0.25) is 0 Å². The van der Waals surface area contributed by atoms with Gasteiger partial charge in [0.1, 0.15) is 0 Å². The van der Waals surface area contributed by atoms with E-state index < -0.39 is 0 Å². The minimum atomic E-state index is -0.300. The fraction of sp³-hybridized carbons (Fsp3) is 0.429. The van der Waals surface area contributed by atoms with Crippen molar-refractivity contribution in [2.75, 3.05) is 13.2 Å². The molecule has 0 atom stereocenters. The molecule has 2 heterocycles. The van der Waals surface area contributed by atoms with Crippen LogP contribution in [0.25, 0.3) is 0 Å². The van der Waals surface area contributed by atoms with E-state index in [0.717, 1.165) is 0 Å². The van der Waals surface area contributed by atoms with Gasteiger partial charge in [-0.2, -0.15) is 0 Å². The average molecular weight is 240 g/mol. The Morgan fingerprint density at radius 3 is 2.50 bits per heavy atom. The van der Waals surface area contributed by atoms with E-state index in [4.69, 9.17) is 13.9 Å². The summed E-state index contributed by atoms with van der Waals surface area (Å²) in [6, 6.07) is 3.48. The molecule has 0 amide bonds. The zero-order valence-corrected chi connectivity index (χ0v) is 10.2. The zero-order valence-electron chi connectivity index (χ0n) is 6.46. The molecule has 1 fully saturated rings. The molecule has 1 aliphatic heterocycles. The van der Waals surface area contributed by atoms with Crippen molar-refractivity contribution in [1.29, 1.82) is 0 Å². The summed E-state index contributed by atoms with van der Waals surface area (Å²) in [4.78, 5) is 0. The Morgan fingerprint density at radius 1 is 1.33 bits per heavy atom. The summed E-state index contributed by atoms with van der Waals surface area (Å²) in [5.41, 5.74) is 0. The van der Waals surface area contributed by atoms with Crippen LogP contribution in [0.5, 0.6) is 0 Å². The van der Waals surface area contributed by atoms with Gasteiger partial charge in [0.25, 0.3) is 0 Å². The van der Waals surface area contributed by atoms with E-state index in [9.17, 15) is 0 Å². The quantitative estimate of drug-likeness (QED) is 0.539. The fourth-order valence-corrected chi connectivity index (χ4v) is 0.902. The molecule has 1 aromatic rings. The van der Waals surface area contributed by atoms with Crippen molar-refractivity contribution in [3.05, 3.63) is 24.2 Å². The molecule has 0 bridgehead atoms. The molecule has 2 rings (SSSR count). The van der Waals surface area contributed by atoms with Crippen LogP contribution in [0.1, 0.15) is 12.1 Å². The summed E-state index contributed by atoms with van der Waals surface area (Å²) in [5, 5.41) is 0. The molecule has 1 aliphatic rings. The van der Waals surface area contributed by atoms with Crippen LogP contribution in [0.2, 0.25) is 0 Å². The van der Waals surface area contributed by atoms with E-state index in [1.54, 1.807) is 12.1 Å². The number of furan rings is 1. The first-order valence-corrected chi connectivity index (χ1v) is 3.16. The average Bonchev–Trinajstić information content (AvgIpc) is 2.59. The largest absolute Gasteiger partial charge is 1.00 e. The molecule has 1 radical (unpaired) electrons. The van der Waals surface area contributed by atoms with Crippen LogP contribution in [0.4, 0.5) is 0 Å². The van der Waals surface area contributed by atoms with E-state index in [0.29, 0.717) is 19.0 Å². The summed E-state index contributed by atoms with van der Waals surface area (Å²) >= 11 is 0. The first-order chi connectivity index (χ1) is 4.97. The van der Waals surface area contributed by atoms with Crippen molar-refractivity contribution in [2.24, 2.45) is 0 Å². The molecule has 0 saturated carbocycles. The van der Waals surface area contributed by atoms with Gasteiger partial charge in [-0.05, 0) is 12.1 Å².